The average Bonchev–Trinajstić information content (AvgIpc) is 3.17. The minimum absolute atomic E-state index is 0.259. The van der Waals surface area contributed by atoms with E-state index in [9.17, 15) is 0 Å². The first-order chi connectivity index (χ1) is 8.69. The van der Waals surface area contributed by atoms with Crippen molar-refractivity contribution < 1.29 is 4.74 Å². The number of ether oxygens (including phenoxy) is 1. The third-order valence-electron chi connectivity index (χ3n) is 3.81. The van der Waals surface area contributed by atoms with Crippen LogP contribution in [0.25, 0.3) is 0 Å². The molecule has 2 rings (SSSR count). The van der Waals surface area contributed by atoms with Gasteiger partial charge in [0.2, 0.25) is 0 Å². The SMILES string of the molecule is COc1ccc([C@@H](C)NCC2(CC#N)CC2)cc1. The third-order valence-corrected chi connectivity index (χ3v) is 3.81. The predicted molar refractivity (Wildman–Crippen MR) is 71.3 cm³/mol. The standard InChI is InChI=1S/C15H20N2O/c1-12(13-3-5-14(18-2)6-4-13)17-11-15(7-8-15)9-10-16/h3-6,12,17H,7-9,11H2,1-2H3/t12-/m1/s1. The fraction of sp³-hybridized carbons (Fsp3) is 0.533. The van der Waals surface area contributed by atoms with Crippen LogP contribution in [0.2, 0.25) is 0 Å². The van der Waals surface area contributed by atoms with Gasteiger partial charge in [0.25, 0.3) is 0 Å². The van der Waals surface area contributed by atoms with Crippen LogP contribution in [-0.2, 0) is 0 Å². The van der Waals surface area contributed by atoms with Gasteiger partial charge in [-0.05, 0) is 42.9 Å². The van der Waals surface area contributed by atoms with Crippen LogP contribution in [0.1, 0.15) is 37.8 Å². The quantitative estimate of drug-likeness (QED) is 0.836. The Balaban J connectivity index is 1.87. The maximum Gasteiger partial charge on any atom is 0.118 e. The molecule has 0 aromatic heterocycles. The number of nitrogens with one attached hydrogen (secondary N) is 1. The molecule has 1 aromatic carbocycles. The molecule has 1 aliphatic carbocycles. The van der Waals surface area contributed by atoms with Crippen molar-refractivity contribution in [3.05, 3.63) is 29.8 Å². The van der Waals surface area contributed by atoms with E-state index in [1.54, 1.807) is 7.11 Å². The van der Waals surface area contributed by atoms with Crippen LogP contribution >= 0.6 is 0 Å². The Labute approximate surface area is 109 Å². The molecule has 1 atom stereocenters. The van der Waals surface area contributed by atoms with Gasteiger partial charge in [0, 0.05) is 19.0 Å². The molecule has 0 amide bonds. The highest BCUT2D eigenvalue weighted by molar-refractivity contribution is 5.28. The Hall–Kier alpha value is -1.53. The zero-order chi connectivity index (χ0) is 13.0. The number of nitrogens with zero attached hydrogens (tertiary/aromatic N) is 1. The second kappa shape index (κ2) is 5.41. The summed E-state index contributed by atoms with van der Waals surface area (Å²) < 4.78 is 5.15. The summed E-state index contributed by atoms with van der Waals surface area (Å²) in [5.41, 5.74) is 1.51. The molecule has 1 aromatic rings. The van der Waals surface area contributed by atoms with Gasteiger partial charge in [0.05, 0.1) is 13.2 Å². The van der Waals surface area contributed by atoms with Gasteiger partial charge in [-0.15, -0.1) is 0 Å². The Morgan fingerprint density at radius 2 is 2.06 bits per heavy atom. The summed E-state index contributed by atoms with van der Waals surface area (Å²) in [6, 6.07) is 10.7. The van der Waals surface area contributed by atoms with E-state index in [0.29, 0.717) is 12.5 Å². The van der Waals surface area contributed by atoms with Crippen molar-refractivity contribution in [2.75, 3.05) is 13.7 Å². The molecule has 1 aliphatic rings. The van der Waals surface area contributed by atoms with Crippen molar-refractivity contribution in [3.8, 4) is 11.8 Å². The van der Waals surface area contributed by atoms with Crippen molar-refractivity contribution in [2.24, 2.45) is 5.41 Å². The van der Waals surface area contributed by atoms with E-state index in [4.69, 9.17) is 10.00 Å². The van der Waals surface area contributed by atoms with Crippen molar-refractivity contribution in [1.82, 2.24) is 5.32 Å². The normalized spacial score (nSPS) is 17.8. The summed E-state index contributed by atoms with van der Waals surface area (Å²) >= 11 is 0. The van der Waals surface area contributed by atoms with E-state index in [1.165, 1.54) is 18.4 Å². The van der Waals surface area contributed by atoms with Crippen molar-refractivity contribution in [3.63, 3.8) is 0 Å². The maximum absolute atomic E-state index is 8.79. The lowest BCUT2D eigenvalue weighted by Crippen LogP contribution is -2.26. The minimum Gasteiger partial charge on any atom is -0.497 e. The van der Waals surface area contributed by atoms with Crippen LogP contribution < -0.4 is 10.1 Å². The number of benzene rings is 1. The fourth-order valence-corrected chi connectivity index (χ4v) is 2.14. The molecule has 0 unspecified atom stereocenters. The second-order valence-corrected chi connectivity index (χ2v) is 5.21. The Bertz CT molecular complexity index is 429. The molecule has 1 fully saturated rings. The van der Waals surface area contributed by atoms with Crippen molar-refractivity contribution in [1.29, 1.82) is 5.26 Å². The highest BCUT2D eigenvalue weighted by Crippen LogP contribution is 2.48. The predicted octanol–water partition coefficient (Wildman–Crippen LogP) is 3.04. The molecule has 0 spiro atoms. The molecule has 0 bridgehead atoms. The van der Waals surface area contributed by atoms with E-state index < -0.39 is 0 Å². The molecule has 0 saturated heterocycles. The Morgan fingerprint density at radius 3 is 2.56 bits per heavy atom. The smallest absolute Gasteiger partial charge is 0.118 e. The fourth-order valence-electron chi connectivity index (χ4n) is 2.14. The minimum atomic E-state index is 0.259. The monoisotopic (exact) mass is 244 g/mol. The molecule has 0 radical (unpaired) electrons. The van der Waals surface area contributed by atoms with Gasteiger partial charge < -0.3 is 10.1 Å². The maximum atomic E-state index is 8.79. The highest BCUT2D eigenvalue weighted by Gasteiger charge is 2.42. The lowest BCUT2D eigenvalue weighted by atomic mass is 10.0. The molecule has 1 saturated carbocycles. The van der Waals surface area contributed by atoms with Crippen LogP contribution in [0.5, 0.6) is 5.75 Å². The van der Waals surface area contributed by atoms with Gasteiger partial charge >= 0.3 is 0 Å². The molecule has 0 heterocycles. The molecule has 0 aliphatic heterocycles. The number of hydrogen-bond donors (Lipinski definition) is 1. The van der Waals surface area contributed by atoms with Crippen LogP contribution in [-0.4, -0.2) is 13.7 Å². The number of methoxy groups -OCH3 is 1. The molecule has 96 valence electrons. The van der Waals surface area contributed by atoms with E-state index in [-0.39, 0.29) is 5.41 Å². The van der Waals surface area contributed by atoms with Crippen LogP contribution in [0.3, 0.4) is 0 Å². The van der Waals surface area contributed by atoms with Crippen LogP contribution in [0.15, 0.2) is 24.3 Å². The highest BCUT2D eigenvalue weighted by atomic mass is 16.5. The molecular formula is C15H20N2O. The van der Waals surface area contributed by atoms with Gasteiger partial charge in [-0.1, -0.05) is 12.1 Å². The number of hydrogen-bond acceptors (Lipinski definition) is 3. The first-order valence-electron chi connectivity index (χ1n) is 6.43. The topological polar surface area (TPSA) is 45.0 Å². The summed E-state index contributed by atoms with van der Waals surface area (Å²) in [7, 11) is 1.68. The van der Waals surface area contributed by atoms with E-state index in [2.05, 4.69) is 30.4 Å². The lowest BCUT2D eigenvalue weighted by Gasteiger charge is -2.18. The number of rotatable bonds is 6. The summed E-state index contributed by atoms with van der Waals surface area (Å²) in [5.74, 6) is 0.883. The second-order valence-electron chi connectivity index (χ2n) is 5.21. The van der Waals surface area contributed by atoms with E-state index >= 15 is 0 Å². The summed E-state index contributed by atoms with van der Waals surface area (Å²) in [4.78, 5) is 0. The Morgan fingerprint density at radius 1 is 1.39 bits per heavy atom. The lowest BCUT2D eigenvalue weighted by molar-refractivity contribution is 0.413. The van der Waals surface area contributed by atoms with Gasteiger partial charge in [0.1, 0.15) is 5.75 Å². The molecule has 1 N–H and O–H groups in total. The van der Waals surface area contributed by atoms with Crippen molar-refractivity contribution in [2.45, 2.75) is 32.2 Å². The molecule has 18 heavy (non-hydrogen) atoms. The van der Waals surface area contributed by atoms with Gasteiger partial charge in [0.15, 0.2) is 0 Å². The van der Waals surface area contributed by atoms with Crippen LogP contribution in [0, 0.1) is 16.7 Å². The van der Waals surface area contributed by atoms with Crippen LogP contribution in [0.4, 0.5) is 0 Å². The van der Waals surface area contributed by atoms with Gasteiger partial charge in [-0.2, -0.15) is 5.26 Å². The summed E-state index contributed by atoms with van der Waals surface area (Å²) in [6.45, 7) is 3.10. The molecule has 3 nitrogen and oxygen atoms in total. The third kappa shape index (κ3) is 3.02. The van der Waals surface area contributed by atoms with Gasteiger partial charge in [-0.25, -0.2) is 0 Å². The Kier molecular flexibility index (Phi) is 3.88. The van der Waals surface area contributed by atoms with E-state index in [0.717, 1.165) is 12.3 Å². The average molecular weight is 244 g/mol. The number of nitriles is 1. The molecular weight excluding hydrogens is 224 g/mol. The zero-order valence-corrected chi connectivity index (χ0v) is 11.1. The van der Waals surface area contributed by atoms with Crippen molar-refractivity contribution >= 4 is 0 Å². The zero-order valence-electron chi connectivity index (χ0n) is 11.1. The molecule has 3 heteroatoms. The van der Waals surface area contributed by atoms with Gasteiger partial charge in [-0.3, -0.25) is 0 Å². The summed E-state index contributed by atoms with van der Waals surface area (Å²) in [6.07, 6.45) is 3.04. The first-order valence-corrected chi connectivity index (χ1v) is 6.43. The largest absolute Gasteiger partial charge is 0.497 e. The van der Waals surface area contributed by atoms with E-state index in [1.807, 2.05) is 12.1 Å². The summed E-state index contributed by atoms with van der Waals surface area (Å²) in [5, 5.41) is 12.3. The first kappa shape index (κ1) is 12.9.